The number of amides is 2. The van der Waals surface area contributed by atoms with Gasteiger partial charge < -0.3 is 10.1 Å². The van der Waals surface area contributed by atoms with E-state index >= 15 is 0 Å². The van der Waals surface area contributed by atoms with Crippen molar-refractivity contribution in [1.82, 2.24) is 10.3 Å². The molecule has 2 aromatic carbocycles. The first-order chi connectivity index (χ1) is 11.3. The molecule has 1 aromatic heterocycles. The second-order valence-corrected chi connectivity index (χ2v) is 5.02. The summed E-state index contributed by atoms with van der Waals surface area (Å²) in [6, 6.07) is 17.4. The quantitative estimate of drug-likeness (QED) is 0.774. The SMILES string of the molecule is CNC(=O)Nc1cc(COc2cccc3ccccc23)ccn1. The van der Waals surface area contributed by atoms with E-state index in [1.807, 2.05) is 36.4 Å². The van der Waals surface area contributed by atoms with Gasteiger partial charge in [0.15, 0.2) is 0 Å². The van der Waals surface area contributed by atoms with Gasteiger partial charge in [-0.05, 0) is 29.1 Å². The smallest absolute Gasteiger partial charge is 0.320 e. The van der Waals surface area contributed by atoms with Gasteiger partial charge in [0.1, 0.15) is 18.2 Å². The number of anilines is 1. The average Bonchev–Trinajstić information content (AvgIpc) is 2.60. The van der Waals surface area contributed by atoms with Crippen LogP contribution in [0.5, 0.6) is 5.75 Å². The lowest BCUT2D eigenvalue weighted by Gasteiger charge is -2.10. The van der Waals surface area contributed by atoms with E-state index in [-0.39, 0.29) is 6.03 Å². The van der Waals surface area contributed by atoms with Crippen molar-refractivity contribution in [2.75, 3.05) is 12.4 Å². The van der Waals surface area contributed by atoms with Crippen LogP contribution in [0.15, 0.2) is 60.8 Å². The summed E-state index contributed by atoms with van der Waals surface area (Å²) in [5, 5.41) is 7.35. The first-order valence-electron chi connectivity index (χ1n) is 7.30. The Morgan fingerprint density at radius 1 is 1.13 bits per heavy atom. The molecule has 0 fully saturated rings. The number of aromatic nitrogens is 1. The Balaban J connectivity index is 1.75. The fourth-order valence-electron chi connectivity index (χ4n) is 2.29. The van der Waals surface area contributed by atoms with Crippen molar-refractivity contribution >= 4 is 22.6 Å². The van der Waals surface area contributed by atoms with E-state index in [2.05, 4.69) is 27.8 Å². The van der Waals surface area contributed by atoms with Crippen molar-refractivity contribution in [2.45, 2.75) is 6.61 Å². The third-order valence-electron chi connectivity index (χ3n) is 3.44. The molecule has 3 rings (SSSR count). The number of fused-ring (bicyclic) bond motifs is 1. The molecular formula is C18H17N3O2. The number of hydrogen-bond acceptors (Lipinski definition) is 3. The highest BCUT2D eigenvalue weighted by Gasteiger charge is 2.04. The van der Waals surface area contributed by atoms with E-state index in [0.29, 0.717) is 12.4 Å². The lowest BCUT2D eigenvalue weighted by atomic mass is 10.1. The van der Waals surface area contributed by atoms with Crippen molar-refractivity contribution in [2.24, 2.45) is 0 Å². The van der Waals surface area contributed by atoms with Crippen LogP contribution in [0.3, 0.4) is 0 Å². The molecule has 1 heterocycles. The van der Waals surface area contributed by atoms with E-state index in [0.717, 1.165) is 22.1 Å². The number of nitrogens with zero attached hydrogens (tertiary/aromatic N) is 1. The Kier molecular flexibility index (Phi) is 4.38. The lowest BCUT2D eigenvalue weighted by molar-refractivity contribution is 0.254. The van der Waals surface area contributed by atoms with Gasteiger partial charge >= 0.3 is 6.03 Å². The fourth-order valence-corrected chi connectivity index (χ4v) is 2.29. The normalized spacial score (nSPS) is 10.3. The second kappa shape index (κ2) is 6.79. The van der Waals surface area contributed by atoms with Crippen molar-refractivity contribution in [3.63, 3.8) is 0 Å². The van der Waals surface area contributed by atoms with Crippen molar-refractivity contribution in [3.05, 3.63) is 66.4 Å². The first-order valence-corrected chi connectivity index (χ1v) is 7.30. The Hall–Kier alpha value is -3.08. The number of rotatable bonds is 4. The van der Waals surface area contributed by atoms with Crippen LogP contribution < -0.4 is 15.4 Å². The van der Waals surface area contributed by atoms with Gasteiger partial charge in [0.2, 0.25) is 0 Å². The van der Waals surface area contributed by atoms with Gasteiger partial charge in [-0.1, -0.05) is 36.4 Å². The van der Waals surface area contributed by atoms with Gasteiger partial charge in [-0.25, -0.2) is 9.78 Å². The maximum atomic E-state index is 11.3. The van der Waals surface area contributed by atoms with Gasteiger partial charge in [0.25, 0.3) is 0 Å². The van der Waals surface area contributed by atoms with Crippen LogP contribution >= 0.6 is 0 Å². The van der Waals surface area contributed by atoms with Crippen molar-refractivity contribution in [3.8, 4) is 5.75 Å². The topological polar surface area (TPSA) is 63.2 Å². The standard InChI is InChI=1S/C18H17N3O2/c1-19-18(22)21-17-11-13(9-10-20-17)12-23-16-8-4-6-14-5-2-3-7-15(14)16/h2-11H,12H2,1H3,(H2,19,20,21,22). The summed E-state index contributed by atoms with van der Waals surface area (Å²) in [7, 11) is 1.56. The maximum absolute atomic E-state index is 11.3. The molecule has 3 aromatic rings. The van der Waals surface area contributed by atoms with E-state index in [4.69, 9.17) is 4.74 Å². The van der Waals surface area contributed by atoms with Crippen molar-refractivity contribution < 1.29 is 9.53 Å². The zero-order valence-electron chi connectivity index (χ0n) is 12.7. The Morgan fingerprint density at radius 3 is 2.83 bits per heavy atom. The number of benzene rings is 2. The summed E-state index contributed by atoms with van der Waals surface area (Å²) in [5.41, 5.74) is 0.930. The molecule has 0 saturated heterocycles. The largest absolute Gasteiger partial charge is 0.488 e. The zero-order valence-corrected chi connectivity index (χ0v) is 12.7. The van der Waals surface area contributed by atoms with Crippen LogP contribution in [0, 0.1) is 0 Å². The Labute approximate surface area is 134 Å². The molecule has 5 nitrogen and oxygen atoms in total. The van der Waals surface area contributed by atoms with Crippen LogP contribution in [-0.4, -0.2) is 18.1 Å². The molecule has 0 aliphatic heterocycles. The molecule has 2 amide bonds. The predicted molar refractivity (Wildman–Crippen MR) is 90.6 cm³/mol. The molecular weight excluding hydrogens is 290 g/mol. The highest BCUT2D eigenvalue weighted by Crippen LogP contribution is 2.26. The van der Waals surface area contributed by atoms with Crippen LogP contribution in [0.1, 0.15) is 5.56 Å². The van der Waals surface area contributed by atoms with Gasteiger partial charge in [-0.3, -0.25) is 5.32 Å². The zero-order chi connectivity index (χ0) is 16.1. The number of urea groups is 1. The third kappa shape index (κ3) is 3.58. The van der Waals surface area contributed by atoms with Gasteiger partial charge in [-0.15, -0.1) is 0 Å². The van der Waals surface area contributed by atoms with Crippen LogP contribution in [0.4, 0.5) is 10.6 Å². The molecule has 0 atom stereocenters. The number of carbonyl (C=O) groups is 1. The summed E-state index contributed by atoms with van der Waals surface area (Å²) in [6.07, 6.45) is 1.65. The molecule has 0 spiro atoms. The number of ether oxygens (including phenoxy) is 1. The fraction of sp³-hybridized carbons (Fsp3) is 0.111. The van der Waals surface area contributed by atoms with Gasteiger partial charge in [0.05, 0.1) is 0 Å². The summed E-state index contributed by atoms with van der Waals surface area (Å²) in [5.74, 6) is 1.32. The minimum atomic E-state index is -0.301. The molecule has 2 N–H and O–H groups in total. The minimum Gasteiger partial charge on any atom is -0.488 e. The average molecular weight is 307 g/mol. The lowest BCUT2D eigenvalue weighted by Crippen LogP contribution is -2.25. The van der Waals surface area contributed by atoms with Crippen molar-refractivity contribution in [1.29, 1.82) is 0 Å². The highest BCUT2D eigenvalue weighted by atomic mass is 16.5. The number of hydrogen-bond donors (Lipinski definition) is 2. The molecule has 0 radical (unpaired) electrons. The molecule has 5 heteroatoms. The van der Waals surface area contributed by atoms with Gasteiger partial charge in [-0.2, -0.15) is 0 Å². The van der Waals surface area contributed by atoms with Crippen LogP contribution in [-0.2, 0) is 6.61 Å². The molecule has 0 bridgehead atoms. The highest BCUT2D eigenvalue weighted by molar-refractivity contribution is 5.88. The van der Waals surface area contributed by atoms with Gasteiger partial charge in [0, 0.05) is 18.6 Å². The number of nitrogens with one attached hydrogen (secondary N) is 2. The summed E-state index contributed by atoms with van der Waals surface area (Å²) < 4.78 is 5.94. The molecule has 0 saturated carbocycles. The molecule has 116 valence electrons. The third-order valence-corrected chi connectivity index (χ3v) is 3.44. The van der Waals surface area contributed by atoms with E-state index in [1.54, 1.807) is 19.3 Å². The van der Waals surface area contributed by atoms with Crippen LogP contribution in [0.25, 0.3) is 10.8 Å². The Morgan fingerprint density at radius 2 is 1.96 bits per heavy atom. The molecule has 0 aliphatic carbocycles. The Bertz CT molecular complexity index is 828. The van der Waals surface area contributed by atoms with E-state index in [1.165, 1.54) is 0 Å². The summed E-state index contributed by atoms with van der Waals surface area (Å²) in [6.45, 7) is 0.402. The summed E-state index contributed by atoms with van der Waals surface area (Å²) in [4.78, 5) is 15.4. The number of carbonyl (C=O) groups excluding carboxylic acids is 1. The van der Waals surface area contributed by atoms with Crippen LogP contribution in [0.2, 0.25) is 0 Å². The monoisotopic (exact) mass is 307 g/mol. The molecule has 0 unspecified atom stereocenters. The second-order valence-electron chi connectivity index (χ2n) is 5.02. The number of pyridine rings is 1. The molecule has 0 aliphatic rings. The van der Waals surface area contributed by atoms with E-state index < -0.39 is 0 Å². The maximum Gasteiger partial charge on any atom is 0.320 e. The van der Waals surface area contributed by atoms with E-state index in [9.17, 15) is 4.79 Å². The summed E-state index contributed by atoms with van der Waals surface area (Å²) >= 11 is 0. The predicted octanol–water partition coefficient (Wildman–Crippen LogP) is 3.57. The first kappa shape index (κ1) is 14.8. The minimum absolute atomic E-state index is 0.301. The molecule has 23 heavy (non-hydrogen) atoms.